The number of nitrogens with zero attached hydrogens (tertiary/aromatic N) is 4. The number of carbonyl (C=O) groups excluding carboxylic acids is 2. The smallest absolute Gasteiger partial charge is 0.291 e. The molecule has 33 heavy (non-hydrogen) atoms. The van der Waals surface area contributed by atoms with Crippen LogP contribution in [0.25, 0.3) is 10.9 Å². The summed E-state index contributed by atoms with van der Waals surface area (Å²) in [6.07, 6.45) is 5.04. The number of nitrogens with one attached hydrogen (secondary N) is 1. The van der Waals surface area contributed by atoms with Crippen LogP contribution in [0.15, 0.2) is 23.2 Å². The minimum atomic E-state index is -0.311. The quantitative estimate of drug-likeness (QED) is 0.391. The molecule has 2 fully saturated rings. The van der Waals surface area contributed by atoms with Crippen LogP contribution in [-0.4, -0.2) is 57.8 Å². The fraction of sp³-hybridized carbons (Fsp3) is 0.522. The number of amides is 2. The largest absolute Gasteiger partial charge is 0.370 e. The van der Waals surface area contributed by atoms with Gasteiger partial charge in [0.1, 0.15) is 5.82 Å². The van der Waals surface area contributed by atoms with E-state index in [0.29, 0.717) is 37.3 Å². The van der Waals surface area contributed by atoms with E-state index in [1.54, 1.807) is 4.90 Å². The Morgan fingerprint density at radius 2 is 1.79 bits per heavy atom. The van der Waals surface area contributed by atoms with Gasteiger partial charge < -0.3 is 27.4 Å². The molecule has 2 unspecified atom stereocenters. The highest BCUT2D eigenvalue weighted by molar-refractivity contribution is 5.97. The number of likely N-dealkylation sites (tertiary alicyclic amines) is 1. The second-order valence-corrected chi connectivity index (χ2v) is 9.04. The van der Waals surface area contributed by atoms with Crippen LogP contribution < -0.4 is 22.5 Å². The molecule has 10 nitrogen and oxygen atoms in total. The number of benzene rings is 1. The standard InChI is InChI=1S/C23H32N8O2/c1-13-6-7-16-15(12-13)20(28-17-4-2-3-5-18(17)29-23(25)26)30-21(27-16)22(33)31-10-8-14(9-11-31)19(24)32/h6-7,12,14,17-18H,2-5,8-11H2,1H3,(H2,24,32)(H4,25,26,29)(H,27,28,30). The van der Waals surface area contributed by atoms with E-state index in [9.17, 15) is 9.59 Å². The number of aromatic nitrogens is 2. The predicted molar refractivity (Wildman–Crippen MR) is 128 cm³/mol. The van der Waals surface area contributed by atoms with E-state index in [2.05, 4.69) is 20.3 Å². The molecule has 10 heteroatoms. The van der Waals surface area contributed by atoms with E-state index < -0.39 is 0 Å². The van der Waals surface area contributed by atoms with Crippen LogP contribution in [0.2, 0.25) is 0 Å². The summed E-state index contributed by atoms with van der Waals surface area (Å²) in [5.74, 6) is 0.0850. The van der Waals surface area contributed by atoms with Crippen LogP contribution >= 0.6 is 0 Å². The van der Waals surface area contributed by atoms with Gasteiger partial charge in [0.25, 0.3) is 5.91 Å². The van der Waals surface area contributed by atoms with Crippen molar-refractivity contribution in [1.82, 2.24) is 14.9 Å². The Morgan fingerprint density at radius 1 is 1.06 bits per heavy atom. The molecule has 0 bridgehead atoms. The summed E-state index contributed by atoms with van der Waals surface area (Å²) in [7, 11) is 0. The highest BCUT2D eigenvalue weighted by Crippen LogP contribution is 2.28. The molecule has 1 aromatic heterocycles. The summed E-state index contributed by atoms with van der Waals surface area (Å²) < 4.78 is 0. The van der Waals surface area contributed by atoms with Gasteiger partial charge in [-0.3, -0.25) is 9.59 Å². The summed E-state index contributed by atoms with van der Waals surface area (Å²) in [5, 5.41) is 4.38. The Kier molecular flexibility index (Phi) is 6.62. The SMILES string of the molecule is Cc1ccc2nc(C(=O)N3CCC(C(N)=O)CC3)nc(NC3CCCCC3N=C(N)N)c2c1. The van der Waals surface area contributed by atoms with Crippen molar-refractivity contribution in [3.63, 3.8) is 0 Å². The van der Waals surface area contributed by atoms with Crippen LogP contribution in [0.4, 0.5) is 5.82 Å². The number of aliphatic imine (C=N–C) groups is 1. The first-order valence-corrected chi connectivity index (χ1v) is 11.5. The molecule has 2 atom stereocenters. The molecular formula is C23H32N8O2. The molecule has 4 rings (SSSR count). The summed E-state index contributed by atoms with van der Waals surface area (Å²) in [6.45, 7) is 2.92. The fourth-order valence-corrected chi connectivity index (χ4v) is 4.76. The second-order valence-electron chi connectivity index (χ2n) is 9.04. The summed E-state index contributed by atoms with van der Waals surface area (Å²) in [5.41, 5.74) is 18.5. The lowest BCUT2D eigenvalue weighted by Gasteiger charge is -2.31. The molecule has 2 heterocycles. The lowest BCUT2D eigenvalue weighted by Crippen LogP contribution is -2.42. The van der Waals surface area contributed by atoms with E-state index in [-0.39, 0.29) is 41.6 Å². The highest BCUT2D eigenvalue weighted by atomic mass is 16.2. The molecule has 2 aromatic rings. The van der Waals surface area contributed by atoms with Crippen molar-refractivity contribution in [1.29, 1.82) is 0 Å². The lowest BCUT2D eigenvalue weighted by atomic mass is 9.90. The molecular weight excluding hydrogens is 420 g/mol. The third-order valence-electron chi connectivity index (χ3n) is 6.59. The molecule has 1 saturated heterocycles. The third-order valence-corrected chi connectivity index (χ3v) is 6.59. The molecule has 7 N–H and O–H groups in total. The predicted octanol–water partition coefficient (Wildman–Crippen LogP) is 1.27. The molecule has 0 radical (unpaired) electrons. The van der Waals surface area contributed by atoms with Crippen molar-refractivity contribution in [2.45, 2.75) is 57.5 Å². The molecule has 0 spiro atoms. The Bertz CT molecular complexity index is 1070. The van der Waals surface area contributed by atoms with Gasteiger partial charge in [-0.1, -0.05) is 24.5 Å². The lowest BCUT2D eigenvalue weighted by molar-refractivity contribution is -0.123. The Hall–Kier alpha value is -3.43. The van der Waals surface area contributed by atoms with Gasteiger partial charge in [-0.2, -0.15) is 0 Å². The zero-order valence-electron chi connectivity index (χ0n) is 19.0. The van der Waals surface area contributed by atoms with Gasteiger partial charge >= 0.3 is 0 Å². The van der Waals surface area contributed by atoms with Gasteiger partial charge in [-0.25, -0.2) is 15.0 Å². The Morgan fingerprint density at radius 3 is 2.48 bits per heavy atom. The van der Waals surface area contributed by atoms with Crippen LogP contribution in [0.3, 0.4) is 0 Å². The van der Waals surface area contributed by atoms with Crippen LogP contribution in [-0.2, 0) is 4.79 Å². The van der Waals surface area contributed by atoms with E-state index in [1.807, 2.05) is 25.1 Å². The van der Waals surface area contributed by atoms with Crippen molar-refractivity contribution >= 4 is 34.5 Å². The third kappa shape index (κ3) is 5.15. The van der Waals surface area contributed by atoms with Crippen molar-refractivity contribution in [2.75, 3.05) is 18.4 Å². The molecule has 1 aromatic carbocycles. The van der Waals surface area contributed by atoms with Gasteiger partial charge in [0.15, 0.2) is 5.96 Å². The number of anilines is 1. The number of fused-ring (bicyclic) bond motifs is 1. The summed E-state index contributed by atoms with van der Waals surface area (Å²) >= 11 is 0. The average Bonchev–Trinajstić information content (AvgIpc) is 2.79. The first-order valence-electron chi connectivity index (χ1n) is 11.5. The molecule has 176 valence electrons. The first kappa shape index (κ1) is 22.8. The fourth-order valence-electron chi connectivity index (χ4n) is 4.76. The van der Waals surface area contributed by atoms with E-state index >= 15 is 0 Å². The molecule has 1 aliphatic carbocycles. The van der Waals surface area contributed by atoms with Crippen LogP contribution in [0.5, 0.6) is 0 Å². The Labute approximate surface area is 193 Å². The number of hydrogen-bond acceptors (Lipinski definition) is 6. The maximum absolute atomic E-state index is 13.2. The number of nitrogens with two attached hydrogens (primary N) is 3. The summed E-state index contributed by atoms with van der Waals surface area (Å²) in [4.78, 5) is 40.0. The van der Waals surface area contributed by atoms with E-state index in [0.717, 1.165) is 36.6 Å². The number of hydrogen-bond donors (Lipinski definition) is 4. The average molecular weight is 453 g/mol. The van der Waals surface area contributed by atoms with E-state index in [4.69, 9.17) is 17.2 Å². The second kappa shape index (κ2) is 9.60. The monoisotopic (exact) mass is 452 g/mol. The van der Waals surface area contributed by atoms with Crippen molar-refractivity contribution < 1.29 is 9.59 Å². The number of rotatable bonds is 5. The van der Waals surface area contributed by atoms with Crippen molar-refractivity contribution in [3.05, 3.63) is 29.6 Å². The summed E-state index contributed by atoms with van der Waals surface area (Å²) in [6, 6.07) is 5.85. The zero-order chi connectivity index (χ0) is 23.5. The van der Waals surface area contributed by atoms with Crippen molar-refractivity contribution in [3.8, 4) is 0 Å². The molecule has 1 saturated carbocycles. The maximum Gasteiger partial charge on any atom is 0.291 e. The number of primary amides is 1. The maximum atomic E-state index is 13.2. The molecule has 2 aliphatic rings. The minimum Gasteiger partial charge on any atom is -0.370 e. The van der Waals surface area contributed by atoms with Gasteiger partial charge in [-0.15, -0.1) is 0 Å². The van der Waals surface area contributed by atoms with E-state index in [1.165, 1.54) is 0 Å². The van der Waals surface area contributed by atoms with Crippen LogP contribution in [0.1, 0.15) is 54.7 Å². The number of aryl methyl sites for hydroxylation is 1. The minimum absolute atomic E-state index is 0.00808. The highest BCUT2D eigenvalue weighted by Gasteiger charge is 2.30. The van der Waals surface area contributed by atoms with Gasteiger partial charge in [-0.05, 0) is 44.7 Å². The first-order chi connectivity index (χ1) is 15.8. The molecule has 1 aliphatic heterocycles. The number of piperidine rings is 1. The van der Waals surface area contributed by atoms with Crippen molar-refractivity contribution in [2.24, 2.45) is 28.1 Å². The molecule has 2 amide bonds. The Balaban J connectivity index is 1.64. The number of carbonyl (C=O) groups is 2. The normalized spacial score (nSPS) is 21.5. The van der Waals surface area contributed by atoms with Gasteiger partial charge in [0.2, 0.25) is 11.7 Å². The van der Waals surface area contributed by atoms with Crippen LogP contribution in [0, 0.1) is 12.8 Å². The zero-order valence-corrected chi connectivity index (χ0v) is 19.0. The van der Waals surface area contributed by atoms with Gasteiger partial charge in [0, 0.05) is 24.4 Å². The topological polar surface area (TPSA) is 166 Å². The number of guanidine groups is 1. The van der Waals surface area contributed by atoms with Gasteiger partial charge in [0.05, 0.1) is 17.6 Å².